The Morgan fingerprint density at radius 3 is 2.49 bits per heavy atom. The van der Waals surface area contributed by atoms with Gasteiger partial charge in [-0.05, 0) is 86.3 Å². The summed E-state index contributed by atoms with van der Waals surface area (Å²) in [5.41, 5.74) is 3.46. The molecule has 0 saturated carbocycles. The molecule has 1 aliphatic rings. The van der Waals surface area contributed by atoms with Gasteiger partial charge in [-0.3, -0.25) is 5.10 Å². The molecule has 2 aromatic carbocycles. The number of aromatic nitrogens is 2. The van der Waals surface area contributed by atoms with Gasteiger partial charge in [-0.2, -0.15) is 5.10 Å². The summed E-state index contributed by atoms with van der Waals surface area (Å²) in [5, 5.41) is 25.2. The van der Waals surface area contributed by atoms with E-state index in [1.165, 1.54) is 17.7 Å². The third kappa shape index (κ3) is 7.92. The van der Waals surface area contributed by atoms with E-state index in [1.54, 1.807) is 20.8 Å². The quantitative estimate of drug-likeness (QED) is 0.289. The number of hydrogen-bond acceptors (Lipinski definition) is 5. The summed E-state index contributed by atoms with van der Waals surface area (Å²) in [5.74, 6) is -1.45. The van der Waals surface area contributed by atoms with Crippen LogP contribution in [0.1, 0.15) is 75.9 Å². The Hall–Kier alpha value is -3.30. The van der Waals surface area contributed by atoms with E-state index in [-0.39, 0.29) is 18.4 Å². The van der Waals surface area contributed by atoms with Crippen molar-refractivity contribution in [2.45, 2.75) is 95.9 Å². The van der Waals surface area contributed by atoms with Gasteiger partial charge in [-0.15, -0.1) is 0 Å². The fraction of sp³-hybridized carbons (Fsp3) is 0.500. The Labute approximate surface area is 241 Å². The molecule has 0 bridgehead atoms. The second-order valence-corrected chi connectivity index (χ2v) is 13.1. The van der Waals surface area contributed by atoms with E-state index in [9.17, 15) is 18.7 Å². The van der Waals surface area contributed by atoms with Crippen LogP contribution in [0.15, 0.2) is 48.7 Å². The molecule has 0 radical (unpaired) electrons. The van der Waals surface area contributed by atoms with Crippen molar-refractivity contribution in [1.82, 2.24) is 20.8 Å². The lowest BCUT2D eigenvalue weighted by Gasteiger charge is -2.40. The second-order valence-electron chi connectivity index (χ2n) is 13.1. The first-order valence-corrected chi connectivity index (χ1v) is 14.1. The van der Waals surface area contributed by atoms with Crippen LogP contribution in [0.5, 0.6) is 0 Å². The maximum atomic E-state index is 14.0. The van der Waals surface area contributed by atoms with Crippen LogP contribution in [-0.4, -0.2) is 45.7 Å². The van der Waals surface area contributed by atoms with Crippen molar-refractivity contribution in [3.8, 4) is 0 Å². The number of benzene rings is 2. The fourth-order valence-corrected chi connectivity index (χ4v) is 5.41. The summed E-state index contributed by atoms with van der Waals surface area (Å²) in [6.07, 6.45) is 2.29. The molecule has 0 aliphatic heterocycles. The molecule has 3 atom stereocenters. The molecule has 1 amide bonds. The van der Waals surface area contributed by atoms with Crippen LogP contribution in [0.4, 0.5) is 13.6 Å². The minimum absolute atomic E-state index is 0.00908. The van der Waals surface area contributed by atoms with E-state index in [0.29, 0.717) is 12.0 Å². The maximum Gasteiger partial charge on any atom is 0.407 e. The predicted molar refractivity (Wildman–Crippen MR) is 155 cm³/mol. The standard InChI is InChI=1S/C32H42F2N4O3/c1-30(2,3)22-8-7-9-23(15-22)32(11-10-26-21(17-32)18-36-38-26)35-19-28(39)27(37-29(40)41-31(4,5)6)14-20-12-24(33)16-25(34)13-20/h7-9,12-13,15-16,18,27-28,35,39H,10-11,14,17,19H2,1-6H3,(H,36,38)(H,37,40)/t27?,28-,32?/m1/s1. The maximum absolute atomic E-state index is 14.0. The molecule has 1 heterocycles. The number of aliphatic hydroxyl groups excluding tert-OH is 1. The van der Waals surface area contributed by atoms with Crippen LogP contribution in [-0.2, 0) is 35.0 Å². The number of carbonyl (C=O) groups excluding carboxylic acids is 1. The van der Waals surface area contributed by atoms with Crippen LogP contribution >= 0.6 is 0 Å². The van der Waals surface area contributed by atoms with Gasteiger partial charge in [-0.25, -0.2) is 13.6 Å². The number of amides is 1. The molecule has 4 rings (SSSR count). The van der Waals surface area contributed by atoms with Crippen LogP contribution in [0.3, 0.4) is 0 Å². The summed E-state index contributed by atoms with van der Waals surface area (Å²) in [4.78, 5) is 12.7. The summed E-state index contributed by atoms with van der Waals surface area (Å²) in [6, 6.07) is 10.8. The van der Waals surface area contributed by atoms with E-state index < -0.39 is 41.0 Å². The molecule has 3 aromatic rings. The number of halogens is 2. The molecule has 222 valence electrons. The van der Waals surface area contributed by atoms with Gasteiger partial charge < -0.3 is 20.5 Å². The van der Waals surface area contributed by atoms with Crippen LogP contribution in [0.25, 0.3) is 0 Å². The van der Waals surface area contributed by atoms with Crippen LogP contribution in [0.2, 0.25) is 0 Å². The van der Waals surface area contributed by atoms with Crippen molar-refractivity contribution in [2.24, 2.45) is 0 Å². The lowest BCUT2D eigenvalue weighted by molar-refractivity contribution is 0.0411. The van der Waals surface area contributed by atoms with Crippen molar-refractivity contribution in [1.29, 1.82) is 0 Å². The highest BCUT2D eigenvalue weighted by atomic mass is 19.1. The number of alkyl carbamates (subject to hydrolysis) is 1. The highest BCUT2D eigenvalue weighted by molar-refractivity contribution is 5.68. The van der Waals surface area contributed by atoms with Gasteiger partial charge >= 0.3 is 6.09 Å². The third-order valence-corrected chi connectivity index (χ3v) is 7.57. The normalized spacial score (nSPS) is 18.9. The van der Waals surface area contributed by atoms with E-state index in [4.69, 9.17) is 4.74 Å². The number of ether oxygens (including phenoxy) is 1. The second kappa shape index (κ2) is 11.9. The highest BCUT2D eigenvalue weighted by Crippen LogP contribution is 2.37. The van der Waals surface area contributed by atoms with E-state index in [2.05, 4.69) is 65.9 Å². The molecule has 2 unspecified atom stereocenters. The summed E-state index contributed by atoms with van der Waals surface area (Å²) >= 11 is 0. The molecule has 1 aliphatic carbocycles. The Morgan fingerprint density at radius 1 is 1.12 bits per heavy atom. The van der Waals surface area contributed by atoms with Crippen LogP contribution in [0, 0.1) is 11.6 Å². The van der Waals surface area contributed by atoms with Gasteiger partial charge in [0.15, 0.2) is 0 Å². The number of hydrogen-bond donors (Lipinski definition) is 4. The molecule has 7 nitrogen and oxygen atoms in total. The number of aliphatic hydroxyl groups is 1. The van der Waals surface area contributed by atoms with Crippen molar-refractivity contribution in [3.63, 3.8) is 0 Å². The number of aromatic amines is 1. The molecular formula is C32H42F2N4O3. The Kier molecular flexibility index (Phi) is 8.90. The number of aryl methyl sites for hydroxylation is 1. The summed E-state index contributed by atoms with van der Waals surface area (Å²) < 4.78 is 33.4. The zero-order valence-electron chi connectivity index (χ0n) is 24.8. The average molecular weight is 569 g/mol. The lowest BCUT2D eigenvalue weighted by Crippen LogP contribution is -2.54. The van der Waals surface area contributed by atoms with Crippen molar-refractivity contribution in [2.75, 3.05) is 6.54 Å². The summed E-state index contributed by atoms with van der Waals surface area (Å²) in [7, 11) is 0. The van der Waals surface area contributed by atoms with Gasteiger partial charge in [0.1, 0.15) is 17.2 Å². The smallest absolute Gasteiger partial charge is 0.407 e. The number of rotatable bonds is 8. The number of nitrogens with one attached hydrogen (secondary N) is 3. The zero-order chi connectivity index (χ0) is 30.0. The largest absolute Gasteiger partial charge is 0.444 e. The molecule has 0 fully saturated rings. The number of carbonyl (C=O) groups is 1. The van der Waals surface area contributed by atoms with Crippen LogP contribution < -0.4 is 10.6 Å². The van der Waals surface area contributed by atoms with Gasteiger partial charge in [0.2, 0.25) is 0 Å². The minimum Gasteiger partial charge on any atom is -0.444 e. The molecule has 41 heavy (non-hydrogen) atoms. The first-order chi connectivity index (χ1) is 19.1. The molecule has 0 saturated heterocycles. The monoisotopic (exact) mass is 568 g/mol. The predicted octanol–water partition coefficient (Wildman–Crippen LogP) is 5.46. The van der Waals surface area contributed by atoms with Crippen molar-refractivity contribution in [3.05, 3.63) is 88.2 Å². The van der Waals surface area contributed by atoms with Crippen molar-refractivity contribution >= 4 is 6.09 Å². The minimum atomic E-state index is -1.10. The molecule has 0 spiro atoms. The van der Waals surface area contributed by atoms with Gasteiger partial charge in [-0.1, -0.05) is 45.0 Å². The average Bonchev–Trinajstić information content (AvgIpc) is 3.32. The molecule has 9 heteroatoms. The Bertz CT molecular complexity index is 1340. The highest BCUT2D eigenvalue weighted by Gasteiger charge is 2.38. The number of fused-ring (bicyclic) bond motifs is 1. The molecule has 4 N–H and O–H groups in total. The number of H-pyrrole nitrogens is 1. The Morgan fingerprint density at radius 2 is 1.83 bits per heavy atom. The fourth-order valence-electron chi connectivity index (χ4n) is 5.41. The van der Waals surface area contributed by atoms with E-state index in [1.807, 2.05) is 6.20 Å². The lowest BCUT2D eigenvalue weighted by atomic mass is 9.74. The Balaban J connectivity index is 1.61. The third-order valence-electron chi connectivity index (χ3n) is 7.57. The SMILES string of the molecule is CC(C)(C)OC(=O)NC(Cc1cc(F)cc(F)c1)[C@H](O)CNC1(c2cccc(C(C)(C)C)c2)CCc2n[nH]cc2C1. The van der Waals surface area contributed by atoms with Crippen molar-refractivity contribution < 1.29 is 23.4 Å². The topological polar surface area (TPSA) is 99.3 Å². The molecule has 1 aromatic heterocycles. The zero-order valence-corrected chi connectivity index (χ0v) is 24.8. The van der Waals surface area contributed by atoms with E-state index in [0.717, 1.165) is 35.7 Å². The molecular weight excluding hydrogens is 526 g/mol. The van der Waals surface area contributed by atoms with Gasteiger partial charge in [0.05, 0.1) is 17.8 Å². The summed E-state index contributed by atoms with van der Waals surface area (Å²) in [6.45, 7) is 11.9. The van der Waals surface area contributed by atoms with Gasteiger partial charge in [0.25, 0.3) is 0 Å². The first-order valence-electron chi connectivity index (χ1n) is 14.1. The van der Waals surface area contributed by atoms with E-state index >= 15 is 0 Å². The van der Waals surface area contributed by atoms with Gasteiger partial charge in [0, 0.05) is 24.3 Å². The first kappa shape index (κ1) is 30.7. The number of nitrogens with zero attached hydrogens (tertiary/aromatic N) is 1.